The van der Waals surface area contributed by atoms with Gasteiger partial charge in [0.25, 0.3) is 6.43 Å². The summed E-state index contributed by atoms with van der Waals surface area (Å²) in [5, 5.41) is 11.5. The second-order valence-electron chi connectivity index (χ2n) is 9.70. The van der Waals surface area contributed by atoms with E-state index < -0.39 is 12.3 Å². The molecule has 42 heavy (non-hydrogen) atoms. The number of carbonyl (C=O) groups is 1. The Morgan fingerprint density at radius 2 is 1.88 bits per heavy atom. The lowest BCUT2D eigenvalue weighted by molar-refractivity contribution is -0.126. The summed E-state index contributed by atoms with van der Waals surface area (Å²) in [4.78, 5) is 33.5. The number of nitrogens with zero attached hydrogens (tertiary/aromatic N) is 9. The Kier molecular flexibility index (Phi) is 7.25. The van der Waals surface area contributed by atoms with Crippen LogP contribution in [0.25, 0.3) is 22.1 Å². The van der Waals surface area contributed by atoms with Crippen molar-refractivity contribution in [3.8, 4) is 11.5 Å². The number of nitrogens with one attached hydrogen (secondary N) is 1. The van der Waals surface area contributed by atoms with Crippen molar-refractivity contribution in [3.63, 3.8) is 0 Å². The number of ether oxygens (including phenoxy) is 1. The summed E-state index contributed by atoms with van der Waals surface area (Å²) in [7, 11) is 1.84. The van der Waals surface area contributed by atoms with Gasteiger partial charge in [0.15, 0.2) is 5.82 Å². The molecule has 1 saturated heterocycles. The zero-order valence-corrected chi connectivity index (χ0v) is 22.8. The van der Waals surface area contributed by atoms with E-state index >= 15 is 0 Å². The van der Waals surface area contributed by atoms with E-state index in [1.165, 1.54) is 11.2 Å². The number of carbonyl (C=O) groups excluding carboxylic acids is 1. The molecule has 0 atom stereocenters. The molecule has 5 aromatic rings. The second kappa shape index (κ2) is 11.3. The van der Waals surface area contributed by atoms with Gasteiger partial charge in [-0.05, 0) is 48.9 Å². The minimum atomic E-state index is -2.66. The first-order valence-electron chi connectivity index (χ1n) is 13.2. The molecule has 12 nitrogen and oxygen atoms in total. The molecule has 14 heteroatoms. The molecule has 4 heterocycles. The fourth-order valence-corrected chi connectivity index (χ4v) is 4.67. The van der Waals surface area contributed by atoms with E-state index in [2.05, 4.69) is 30.6 Å². The molecule has 0 saturated carbocycles. The quantitative estimate of drug-likeness (QED) is 0.286. The lowest BCUT2D eigenvalue weighted by Crippen LogP contribution is -2.48. The van der Waals surface area contributed by atoms with E-state index in [9.17, 15) is 13.6 Å². The number of allylic oxidation sites excluding steroid dienone is 1. The summed E-state index contributed by atoms with van der Waals surface area (Å²) in [6.45, 7) is 3.60. The summed E-state index contributed by atoms with van der Waals surface area (Å²) in [5.41, 5.74) is 4.46. The van der Waals surface area contributed by atoms with Crippen LogP contribution < -0.4 is 15.0 Å². The normalized spacial score (nSPS) is 13.9. The molecule has 1 aliphatic rings. The molecule has 6 rings (SSSR count). The summed E-state index contributed by atoms with van der Waals surface area (Å²) < 4.78 is 32.6. The van der Waals surface area contributed by atoms with Gasteiger partial charge in [0.1, 0.15) is 34.4 Å². The number of amides is 1. The summed E-state index contributed by atoms with van der Waals surface area (Å²) in [5.74, 6) is 1.90. The van der Waals surface area contributed by atoms with Gasteiger partial charge in [-0.25, -0.2) is 33.4 Å². The first-order valence-corrected chi connectivity index (χ1v) is 13.2. The lowest BCUT2D eigenvalue weighted by Gasteiger charge is -2.34. The van der Waals surface area contributed by atoms with Gasteiger partial charge in [-0.1, -0.05) is 5.21 Å². The monoisotopic (exact) mass is 572 g/mol. The van der Waals surface area contributed by atoms with Crippen LogP contribution >= 0.6 is 0 Å². The molecule has 2 aromatic carbocycles. The van der Waals surface area contributed by atoms with E-state index in [1.54, 1.807) is 10.9 Å². The van der Waals surface area contributed by atoms with Crippen molar-refractivity contribution in [2.45, 2.75) is 13.3 Å². The van der Waals surface area contributed by atoms with Crippen molar-refractivity contribution in [1.29, 1.82) is 0 Å². The number of piperazine rings is 1. The van der Waals surface area contributed by atoms with E-state index in [1.807, 2.05) is 55.3 Å². The third-order valence-electron chi connectivity index (χ3n) is 6.87. The van der Waals surface area contributed by atoms with Crippen LogP contribution in [0.1, 0.15) is 5.56 Å². The van der Waals surface area contributed by atoms with Crippen LogP contribution in [0, 0.1) is 6.92 Å². The maximum absolute atomic E-state index is 12.4. The maximum Gasteiger partial charge on any atom is 0.257 e. The minimum Gasteiger partial charge on any atom is -0.457 e. The molecule has 0 bridgehead atoms. The van der Waals surface area contributed by atoms with Crippen molar-refractivity contribution in [2.24, 2.45) is 7.05 Å². The van der Waals surface area contributed by atoms with Crippen molar-refractivity contribution in [1.82, 2.24) is 39.8 Å². The summed E-state index contributed by atoms with van der Waals surface area (Å²) >= 11 is 0. The molecule has 1 N–H and O–H groups in total. The number of benzene rings is 2. The molecule has 3 aromatic heterocycles. The zero-order chi connectivity index (χ0) is 29.2. The van der Waals surface area contributed by atoms with Gasteiger partial charge in [0.05, 0.1) is 11.7 Å². The largest absolute Gasteiger partial charge is 0.457 e. The number of rotatable bonds is 7. The van der Waals surface area contributed by atoms with E-state index in [0.29, 0.717) is 66.6 Å². The number of hydrogen-bond donors (Lipinski definition) is 1. The van der Waals surface area contributed by atoms with Crippen LogP contribution in [0.5, 0.6) is 11.5 Å². The maximum atomic E-state index is 12.4. The van der Waals surface area contributed by atoms with Crippen LogP contribution in [0.15, 0.2) is 61.1 Å². The molecule has 1 amide bonds. The van der Waals surface area contributed by atoms with Gasteiger partial charge in [-0.15, -0.1) is 5.10 Å². The van der Waals surface area contributed by atoms with Gasteiger partial charge in [-0.2, -0.15) is 0 Å². The molecule has 0 unspecified atom stereocenters. The van der Waals surface area contributed by atoms with Crippen LogP contribution in [-0.4, -0.2) is 78.3 Å². The summed E-state index contributed by atoms with van der Waals surface area (Å²) in [6, 6.07) is 11.4. The molecule has 0 radical (unpaired) electrons. The Bertz CT molecular complexity index is 1800. The average molecular weight is 573 g/mol. The fraction of sp³-hybridized carbons (Fsp3) is 0.250. The Hall–Kier alpha value is -5.27. The molecule has 0 spiro atoms. The van der Waals surface area contributed by atoms with Crippen molar-refractivity contribution >= 4 is 45.4 Å². The van der Waals surface area contributed by atoms with Gasteiger partial charge in [0.2, 0.25) is 11.9 Å². The molecule has 1 aliphatic heterocycles. The number of hydrogen-bond acceptors (Lipinski definition) is 10. The Morgan fingerprint density at radius 3 is 2.67 bits per heavy atom. The fourth-order valence-electron chi connectivity index (χ4n) is 4.67. The Balaban J connectivity index is 1.16. The average Bonchev–Trinajstić information content (AvgIpc) is 3.37. The molecule has 1 fully saturated rings. The first-order chi connectivity index (χ1) is 20.3. The van der Waals surface area contributed by atoms with Crippen LogP contribution in [-0.2, 0) is 11.8 Å². The van der Waals surface area contributed by atoms with Gasteiger partial charge in [-0.3, -0.25) is 4.79 Å². The number of aryl methyl sites for hydroxylation is 2. The number of fused-ring (bicyclic) bond motifs is 2. The van der Waals surface area contributed by atoms with Crippen LogP contribution in [0.2, 0.25) is 0 Å². The van der Waals surface area contributed by atoms with Crippen molar-refractivity contribution in [2.75, 3.05) is 36.4 Å². The standard InChI is InChI=1S/C28H26F2N10O2/c1-17-13-18(3-6-23(17)42-19-4-5-22-20(14-19)36-37-38(22)2)34-27-26-21(32-16-33-27)15-31-28(35-26)40-11-9-39(10-12-40)25(41)8-7-24(29)30/h3-8,13-16,24H,9-12H2,1-2H3,(H,32,33,34). The van der Waals surface area contributed by atoms with Gasteiger partial charge < -0.3 is 19.9 Å². The highest BCUT2D eigenvalue weighted by atomic mass is 19.3. The van der Waals surface area contributed by atoms with E-state index in [4.69, 9.17) is 9.72 Å². The van der Waals surface area contributed by atoms with Crippen molar-refractivity contribution in [3.05, 3.63) is 66.6 Å². The number of halogens is 2. The van der Waals surface area contributed by atoms with Crippen molar-refractivity contribution < 1.29 is 18.3 Å². The third-order valence-corrected chi connectivity index (χ3v) is 6.87. The minimum absolute atomic E-state index is 0.366. The predicted molar refractivity (Wildman–Crippen MR) is 152 cm³/mol. The van der Waals surface area contributed by atoms with Crippen LogP contribution in [0.4, 0.5) is 26.2 Å². The van der Waals surface area contributed by atoms with Crippen LogP contribution in [0.3, 0.4) is 0 Å². The highest BCUT2D eigenvalue weighted by Gasteiger charge is 2.22. The number of anilines is 3. The molecular formula is C28H26F2N10O2. The number of aromatic nitrogens is 7. The van der Waals surface area contributed by atoms with Gasteiger partial charge in [0, 0.05) is 51.1 Å². The molecule has 214 valence electrons. The second-order valence-corrected chi connectivity index (χ2v) is 9.70. The van der Waals surface area contributed by atoms with E-state index in [0.717, 1.165) is 28.4 Å². The van der Waals surface area contributed by atoms with E-state index in [-0.39, 0.29) is 0 Å². The third kappa shape index (κ3) is 5.64. The van der Waals surface area contributed by atoms with Gasteiger partial charge >= 0.3 is 0 Å². The first kappa shape index (κ1) is 26.9. The smallest absolute Gasteiger partial charge is 0.257 e. The lowest BCUT2D eigenvalue weighted by atomic mass is 10.2. The SMILES string of the molecule is Cc1cc(Nc2ncnc3cnc(N4CCN(C(=O)C=CC(F)F)CC4)nc23)ccc1Oc1ccc2c(c1)nnn2C. The highest BCUT2D eigenvalue weighted by Crippen LogP contribution is 2.31. The zero-order valence-electron chi connectivity index (χ0n) is 22.8. The highest BCUT2D eigenvalue weighted by molar-refractivity contribution is 5.88. The molecular weight excluding hydrogens is 546 g/mol. The number of alkyl halides is 2. The topological polar surface area (TPSA) is 127 Å². The Morgan fingerprint density at radius 1 is 1.05 bits per heavy atom. The molecule has 0 aliphatic carbocycles. The summed E-state index contributed by atoms with van der Waals surface area (Å²) in [6.07, 6.45) is 1.92. The predicted octanol–water partition coefficient (Wildman–Crippen LogP) is 4.02. The Labute approximate surface area is 238 Å².